The lowest BCUT2D eigenvalue weighted by molar-refractivity contribution is -0.113. The lowest BCUT2D eigenvalue weighted by atomic mass is 10.1. The van der Waals surface area contributed by atoms with Crippen LogP contribution in [0.4, 0.5) is 5.69 Å². The molecule has 1 aromatic heterocycles. The minimum atomic E-state index is -0.129. The van der Waals surface area contributed by atoms with Gasteiger partial charge in [0.05, 0.1) is 5.75 Å². The van der Waals surface area contributed by atoms with Gasteiger partial charge in [0.15, 0.2) is 10.9 Å². The molecule has 7 heteroatoms. The van der Waals surface area contributed by atoms with Gasteiger partial charge in [-0.15, -0.1) is 10.2 Å². The van der Waals surface area contributed by atoms with Crippen LogP contribution in [0.25, 0.3) is 0 Å². The highest BCUT2D eigenvalue weighted by Gasteiger charge is 2.13. The predicted octanol–water partition coefficient (Wildman–Crippen LogP) is 3.82. The quantitative estimate of drug-likeness (QED) is 0.464. The number of hydrogen-bond acceptors (Lipinski definition) is 5. The van der Waals surface area contributed by atoms with Crippen molar-refractivity contribution in [3.63, 3.8) is 0 Å². The van der Waals surface area contributed by atoms with E-state index in [1.54, 1.807) is 24.3 Å². The third kappa shape index (κ3) is 5.07. The van der Waals surface area contributed by atoms with Gasteiger partial charge in [0, 0.05) is 24.2 Å². The van der Waals surface area contributed by atoms with Gasteiger partial charge in [-0.2, -0.15) is 0 Å². The Bertz CT molecular complexity index is 952. The van der Waals surface area contributed by atoms with Crippen molar-refractivity contribution in [1.29, 1.82) is 0 Å². The summed E-state index contributed by atoms with van der Waals surface area (Å²) in [6.45, 7) is 4.30. The van der Waals surface area contributed by atoms with Crippen LogP contribution in [0.3, 0.4) is 0 Å². The SMILES string of the molecule is CCn1c(Cc2ccccc2)nnc1SCC(=O)Nc1ccc(C(C)=O)cc1. The third-order valence-electron chi connectivity index (χ3n) is 4.22. The number of nitrogens with one attached hydrogen (secondary N) is 1. The molecule has 0 aliphatic carbocycles. The Morgan fingerprint density at radius 3 is 2.39 bits per heavy atom. The fraction of sp³-hybridized carbons (Fsp3) is 0.238. The number of amides is 1. The molecule has 3 aromatic rings. The highest BCUT2D eigenvalue weighted by atomic mass is 32.2. The molecule has 2 aromatic carbocycles. The smallest absolute Gasteiger partial charge is 0.234 e. The van der Waals surface area contributed by atoms with Crippen molar-refractivity contribution in [1.82, 2.24) is 14.8 Å². The second kappa shape index (κ2) is 9.32. The van der Waals surface area contributed by atoms with Crippen LogP contribution in [0, 0.1) is 0 Å². The summed E-state index contributed by atoms with van der Waals surface area (Å²) < 4.78 is 2.03. The van der Waals surface area contributed by atoms with Gasteiger partial charge in [-0.05, 0) is 43.7 Å². The van der Waals surface area contributed by atoms with Crippen LogP contribution < -0.4 is 5.32 Å². The van der Waals surface area contributed by atoms with Crippen molar-refractivity contribution in [2.45, 2.75) is 32.0 Å². The zero-order valence-electron chi connectivity index (χ0n) is 15.9. The molecule has 0 spiro atoms. The summed E-state index contributed by atoms with van der Waals surface area (Å²) in [5.41, 5.74) is 2.46. The van der Waals surface area contributed by atoms with Gasteiger partial charge >= 0.3 is 0 Å². The Kier molecular flexibility index (Phi) is 6.60. The second-order valence-corrected chi connectivity index (χ2v) is 7.22. The fourth-order valence-electron chi connectivity index (χ4n) is 2.77. The fourth-order valence-corrected chi connectivity index (χ4v) is 3.59. The van der Waals surface area contributed by atoms with Crippen LogP contribution in [-0.2, 0) is 17.8 Å². The summed E-state index contributed by atoms with van der Waals surface area (Å²) in [6.07, 6.45) is 0.705. The number of anilines is 1. The van der Waals surface area contributed by atoms with Crippen LogP contribution in [0.15, 0.2) is 59.8 Å². The van der Waals surface area contributed by atoms with Gasteiger partial charge in [-0.25, -0.2) is 0 Å². The zero-order valence-corrected chi connectivity index (χ0v) is 16.7. The zero-order chi connectivity index (χ0) is 19.9. The summed E-state index contributed by atoms with van der Waals surface area (Å²) in [5, 5.41) is 12.1. The van der Waals surface area contributed by atoms with E-state index in [0.717, 1.165) is 17.5 Å². The summed E-state index contributed by atoms with van der Waals surface area (Å²) in [4.78, 5) is 23.6. The van der Waals surface area contributed by atoms with Gasteiger partial charge in [-0.1, -0.05) is 42.1 Å². The first kappa shape index (κ1) is 19.8. The van der Waals surface area contributed by atoms with E-state index in [0.29, 0.717) is 17.7 Å². The maximum Gasteiger partial charge on any atom is 0.234 e. The normalized spacial score (nSPS) is 10.6. The first-order valence-electron chi connectivity index (χ1n) is 9.06. The predicted molar refractivity (Wildman–Crippen MR) is 111 cm³/mol. The molecule has 1 amide bonds. The minimum absolute atomic E-state index is 0.00126. The maximum absolute atomic E-state index is 12.2. The summed E-state index contributed by atoms with van der Waals surface area (Å²) >= 11 is 1.36. The Labute approximate surface area is 168 Å². The van der Waals surface area contributed by atoms with E-state index in [1.165, 1.54) is 24.2 Å². The molecule has 0 atom stereocenters. The Morgan fingerprint density at radius 2 is 1.75 bits per heavy atom. The molecular formula is C21H22N4O2S. The largest absolute Gasteiger partial charge is 0.325 e. The van der Waals surface area contributed by atoms with Gasteiger partial charge in [0.2, 0.25) is 5.91 Å². The number of ketones is 1. The van der Waals surface area contributed by atoms with E-state index in [4.69, 9.17) is 0 Å². The van der Waals surface area contributed by atoms with Crippen molar-refractivity contribution in [2.24, 2.45) is 0 Å². The van der Waals surface area contributed by atoms with Crippen LogP contribution in [-0.4, -0.2) is 32.2 Å². The van der Waals surface area contributed by atoms with Crippen molar-refractivity contribution >= 4 is 29.1 Å². The topological polar surface area (TPSA) is 76.9 Å². The molecule has 28 heavy (non-hydrogen) atoms. The average Bonchev–Trinajstić information content (AvgIpc) is 3.09. The molecule has 0 unspecified atom stereocenters. The highest BCUT2D eigenvalue weighted by molar-refractivity contribution is 7.99. The summed E-state index contributed by atoms with van der Waals surface area (Å²) in [7, 11) is 0. The number of nitrogens with zero attached hydrogens (tertiary/aromatic N) is 3. The lowest BCUT2D eigenvalue weighted by Crippen LogP contribution is -2.15. The van der Waals surface area contributed by atoms with E-state index >= 15 is 0 Å². The molecule has 144 valence electrons. The van der Waals surface area contributed by atoms with Crippen LogP contribution in [0.5, 0.6) is 0 Å². The van der Waals surface area contributed by atoms with Gasteiger partial charge < -0.3 is 9.88 Å². The Morgan fingerprint density at radius 1 is 1.04 bits per heavy atom. The molecule has 3 rings (SSSR count). The first-order chi connectivity index (χ1) is 13.6. The summed E-state index contributed by atoms with van der Waals surface area (Å²) in [5.74, 6) is 0.990. The lowest BCUT2D eigenvalue weighted by Gasteiger charge is -2.08. The number of hydrogen-bond donors (Lipinski definition) is 1. The Balaban J connectivity index is 1.59. The van der Waals surface area contributed by atoms with E-state index in [1.807, 2.05) is 29.7 Å². The van der Waals surface area contributed by atoms with Crippen molar-refractivity contribution < 1.29 is 9.59 Å². The highest BCUT2D eigenvalue weighted by Crippen LogP contribution is 2.19. The standard InChI is InChI=1S/C21H22N4O2S/c1-3-25-19(13-16-7-5-4-6-8-16)23-24-21(25)28-14-20(27)22-18-11-9-17(10-12-18)15(2)26/h4-12H,3,13-14H2,1-2H3,(H,22,27). The number of carbonyl (C=O) groups excluding carboxylic acids is 2. The molecule has 0 radical (unpaired) electrons. The number of Topliss-reactive ketones (excluding diaryl/α,β-unsaturated/α-hetero) is 1. The molecule has 0 saturated heterocycles. The van der Waals surface area contributed by atoms with E-state index in [2.05, 4.69) is 27.6 Å². The number of benzene rings is 2. The van der Waals surface area contributed by atoms with Gasteiger partial charge in [0.1, 0.15) is 5.82 Å². The van der Waals surface area contributed by atoms with Gasteiger partial charge in [-0.3, -0.25) is 9.59 Å². The Hall–Kier alpha value is -2.93. The van der Waals surface area contributed by atoms with E-state index < -0.39 is 0 Å². The van der Waals surface area contributed by atoms with Gasteiger partial charge in [0.25, 0.3) is 0 Å². The number of rotatable bonds is 8. The third-order valence-corrected chi connectivity index (χ3v) is 5.19. The molecule has 0 fully saturated rings. The van der Waals surface area contributed by atoms with E-state index in [-0.39, 0.29) is 17.4 Å². The minimum Gasteiger partial charge on any atom is -0.325 e. The summed E-state index contributed by atoms with van der Waals surface area (Å²) in [6, 6.07) is 17.0. The molecule has 1 heterocycles. The second-order valence-electron chi connectivity index (χ2n) is 6.28. The molecular weight excluding hydrogens is 372 g/mol. The van der Waals surface area contributed by atoms with E-state index in [9.17, 15) is 9.59 Å². The number of thioether (sulfide) groups is 1. The average molecular weight is 395 g/mol. The van der Waals surface area contributed by atoms with Crippen molar-refractivity contribution in [2.75, 3.05) is 11.1 Å². The van der Waals surface area contributed by atoms with Crippen LogP contribution in [0.1, 0.15) is 35.6 Å². The number of aromatic nitrogens is 3. The molecule has 0 saturated carbocycles. The number of carbonyl (C=O) groups is 2. The maximum atomic E-state index is 12.2. The van der Waals surface area contributed by atoms with Crippen LogP contribution >= 0.6 is 11.8 Å². The molecule has 0 aliphatic rings. The molecule has 6 nitrogen and oxygen atoms in total. The monoisotopic (exact) mass is 394 g/mol. The van der Waals surface area contributed by atoms with Crippen molar-refractivity contribution in [3.05, 3.63) is 71.5 Å². The molecule has 0 bridgehead atoms. The molecule has 1 N–H and O–H groups in total. The molecule has 0 aliphatic heterocycles. The first-order valence-corrected chi connectivity index (χ1v) is 10.0. The van der Waals surface area contributed by atoms with Crippen molar-refractivity contribution in [3.8, 4) is 0 Å². The van der Waals surface area contributed by atoms with Crippen LogP contribution in [0.2, 0.25) is 0 Å².